The minimum Gasteiger partial charge on any atom is -0.490 e. The standard InChI is InChI=1S/C26H35NO2S/c1-3-28-25-12-19(6-7-24(25)29-17-23-5-4-8-30-23)16-27-18(2)26-13-20-9-21(14-26)11-22(10-20)15-26/h4-8,12,18,20-22,27H,3,9-11,13-17H2,1-2H3/t18-,20?,21?,22?,26?/m1/s1. The molecule has 4 saturated carbocycles. The topological polar surface area (TPSA) is 30.5 Å². The van der Waals surface area contributed by atoms with Crippen molar-refractivity contribution in [2.75, 3.05) is 6.61 Å². The summed E-state index contributed by atoms with van der Waals surface area (Å²) in [7, 11) is 0. The summed E-state index contributed by atoms with van der Waals surface area (Å²) < 4.78 is 11.9. The highest BCUT2D eigenvalue weighted by atomic mass is 32.1. The number of nitrogens with one attached hydrogen (secondary N) is 1. The zero-order valence-corrected chi connectivity index (χ0v) is 19.2. The van der Waals surface area contributed by atoms with Gasteiger partial charge in [-0.2, -0.15) is 0 Å². The Bertz CT molecular complexity index is 811. The van der Waals surface area contributed by atoms with Crippen molar-refractivity contribution in [2.45, 2.75) is 71.6 Å². The van der Waals surface area contributed by atoms with E-state index < -0.39 is 0 Å². The molecule has 4 aliphatic carbocycles. The third-order valence-electron chi connectivity index (χ3n) is 7.87. The van der Waals surface area contributed by atoms with Gasteiger partial charge in [0.1, 0.15) is 6.61 Å². The van der Waals surface area contributed by atoms with E-state index in [0.29, 0.717) is 24.7 Å². The van der Waals surface area contributed by atoms with E-state index in [1.165, 1.54) is 49.0 Å². The molecule has 162 valence electrons. The second-order valence-corrected chi connectivity index (χ2v) is 11.0. The molecule has 1 atom stereocenters. The van der Waals surface area contributed by atoms with Crippen LogP contribution in [0, 0.1) is 23.2 Å². The van der Waals surface area contributed by atoms with Gasteiger partial charge in [-0.3, -0.25) is 0 Å². The summed E-state index contributed by atoms with van der Waals surface area (Å²) in [4.78, 5) is 1.23. The van der Waals surface area contributed by atoms with Crippen LogP contribution in [-0.4, -0.2) is 12.6 Å². The molecular formula is C26H35NO2S. The van der Waals surface area contributed by atoms with Gasteiger partial charge in [-0.1, -0.05) is 12.1 Å². The smallest absolute Gasteiger partial charge is 0.161 e. The Hall–Kier alpha value is -1.52. The Balaban J connectivity index is 1.23. The van der Waals surface area contributed by atoms with Crippen molar-refractivity contribution < 1.29 is 9.47 Å². The second-order valence-electron chi connectivity index (χ2n) is 9.96. The molecule has 4 aliphatic rings. The first-order valence-electron chi connectivity index (χ1n) is 11.8. The maximum Gasteiger partial charge on any atom is 0.161 e. The lowest BCUT2D eigenvalue weighted by Crippen LogP contribution is -2.54. The number of rotatable bonds is 9. The summed E-state index contributed by atoms with van der Waals surface area (Å²) in [5.41, 5.74) is 1.82. The number of benzene rings is 1. The number of ether oxygens (including phenoxy) is 2. The highest BCUT2D eigenvalue weighted by molar-refractivity contribution is 7.09. The average Bonchev–Trinajstić information content (AvgIpc) is 3.24. The molecule has 4 bridgehead atoms. The van der Waals surface area contributed by atoms with E-state index in [4.69, 9.17) is 9.47 Å². The van der Waals surface area contributed by atoms with Gasteiger partial charge in [0, 0.05) is 17.5 Å². The SMILES string of the molecule is CCOc1cc(CN[C@H](C)C23CC4CC(CC(C4)C2)C3)ccc1OCc1cccs1. The Morgan fingerprint density at radius 3 is 2.40 bits per heavy atom. The van der Waals surface area contributed by atoms with Gasteiger partial charge in [0.05, 0.1) is 6.61 Å². The van der Waals surface area contributed by atoms with Crippen molar-refractivity contribution in [2.24, 2.45) is 23.2 Å². The lowest BCUT2D eigenvalue weighted by Gasteiger charge is -2.59. The summed E-state index contributed by atoms with van der Waals surface area (Å²) in [6.07, 6.45) is 8.89. The van der Waals surface area contributed by atoms with Gasteiger partial charge in [-0.25, -0.2) is 0 Å². The van der Waals surface area contributed by atoms with Crippen molar-refractivity contribution in [3.05, 3.63) is 46.2 Å². The van der Waals surface area contributed by atoms with Crippen LogP contribution in [-0.2, 0) is 13.2 Å². The van der Waals surface area contributed by atoms with Gasteiger partial charge in [0.2, 0.25) is 0 Å². The number of hydrogen-bond donors (Lipinski definition) is 1. The van der Waals surface area contributed by atoms with Crippen LogP contribution in [0.15, 0.2) is 35.7 Å². The van der Waals surface area contributed by atoms with Gasteiger partial charge < -0.3 is 14.8 Å². The molecule has 1 heterocycles. The van der Waals surface area contributed by atoms with E-state index in [1.807, 2.05) is 6.92 Å². The van der Waals surface area contributed by atoms with E-state index >= 15 is 0 Å². The lowest BCUT2D eigenvalue weighted by atomic mass is 9.48. The summed E-state index contributed by atoms with van der Waals surface area (Å²) >= 11 is 1.72. The molecule has 6 rings (SSSR count). The molecule has 0 spiro atoms. The Morgan fingerprint density at radius 2 is 1.77 bits per heavy atom. The zero-order chi connectivity index (χ0) is 20.6. The molecule has 30 heavy (non-hydrogen) atoms. The van der Waals surface area contributed by atoms with Crippen LogP contribution < -0.4 is 14.8 Å². The van der Waals surface area contributed by atoms with E-state index in [0.717, 1.165) is 35.8 Å². The highest BCUT2D eigenvalue weighted by Gasteiger charge is 2.52. The molecule has 0 saturated heterocycles. The second kappa shape index (κ2) is 8.55. The van der Waals surface area contributed by atoms with Crippen LogP contribution in [0.2, 0.25) is 0 Å². The zero-order valence-electron chi connectivity index (χ0n) is 18.4. The summed E-state index contributed by atoms with van der Waals surface area (Å²) in [5, 5.41) is 5.99. The molecule has 1 aromatic heterocycles. The van der Waals surface area contributed by atoms with Crippen molar-refractivity contribution in [3.63, 3.8) is 0 Å². The van der Waals surface area contributed by atoms with Crippen molar-refractivity contribution >= 4 is 11.3 Å². The number of thiophene rings is 1. The van der Waals surface area contributed by atoms with Crippen LogP contribution in [0.3, 0.4) is 0 Å². The predicted molar refractivity (Wildman–Crippen MR) is 123 cm³/mol. The van der Waals surface area contributed by atoms with E-state index in [2.05, 4.69) is 48.0 Å². The molecular weight excluding hydrogens is 390 g/mol. The van der Waals surface area contributed by atoms with Crippen LogP contribution >= 0.6 is 11.3 Å². The fraction of sp³-hybridized carbons (Fsp3) is 0.615. The summed E-state index contributed by atoms with van der Waals surface area (Å²) in [6, 6.07) is 11.2. The van der Waals surface area contributed by atoms with Crippen molar-refractivity contribution in [3.8, 4) is 11.5 Å². The van der Waals surface area contributed by atoms with Crippen LogP contribution in [0.5, 0.6) is 11.5 Å². The van der Waals surface area contributed by atoms with Crippen LogP contribution in [0.1, 0.15) is 62.8 Å². The largest absolute Gasteiger partial charge is 0.490 e. The fourth-order valence-electron chi connectivity index (χ4n) is 6.79. The molecule has 0 amide bonds. The van der Waals surface area contributed by atoms with E-state index in [1.54, 1.807) is 11.3 Å². The number of hydrogen-bond acceptors (Lipinski definition) is 4. The Kier molecular flexibility index (Phi) is 5.81. The molecule has 1 N–H and O–H groups in total. The van der Waals surface area contributed by atoms with E-state index in [-0.39, 0.29) is 0 Å². The van der Waals surface area contributed by atoms with Crippen molar-refractivity contribution in [1.29, 1.82) is 0 Å². The van der Waals surface area contributed by atoms with Gasteiger partial charge in [0.15, 0.2) is 11.5 Å². The first-order valence-corrected chi connectivity index (χ1v) is 12.7. The van der Waals surface area contributed by atoms with Crippen LogP contribution in [0.4, 0.5) is 0 Å². The molecule has 1 aromatic carbocycles. The monoisotopic (exact) mass is 425 g/mol. The van der Waals surface area contributed by atoms with Gasteiger partial charge in [-0.05, 0) is 105 Å². The summed E-state index contributed by atoms with van der Waals surface area (Å²) in [5.74, 6) is 4.71. The summed E-state index contributed by atoms with van der Waals surface area (Å²) in [6.45, 7) is 6.61. The van der Waals surface area contributed by atoms with Crippen LogP contribution in [0.25, 0.3) is 0 Å². The van der Waals surface area contributed by atoms with E-state index in [9.17, 15) is 0 Å². The molecule has 0 unspecified atom stereocenters. The molecule has 2 aromatic rings. The first-order chi connectivity index (χ1) is 14.6. The normalized spacial score (nSPS) is 30.4. The third-order valence-corrected chi connectivity index (χ3v) is 8.72. The first kappa shape index (κ1) is 20.4. The Labute approximate surface area is 185 Å². The maximum atomic E-state index is 6.04. The van der Waals surface area contributed by atoms with Gasteiger partial charge >= 0.3 is 0 Å². The highest BCUT2D eigenvalue weighted by Crippen LogP contribution is 2.61. The maximum absolute atomic E-state index is 6.04. The molecule has 0 radical (unpaired) electrons. The lowest BCUT2D eigenvalue weighted by molar-refractivity contribution is -0.0706. The minimum absolute atomic E-state index is 0.543. The minimum atomic E-state index is 0.543. The van der Waals surface area contributed by atoms with Crippen molar-refractivity contribution in [1.82, 2.24) is 5.32 Å². The molecule has 4 heteroatoms. The third kappa shape index (κ3) is 4.13. The average molecular weight is 426 g/mol. The molecule has 4 fully saturated rings. The van der Waals surface area contributed by atoms with Gasteiger partial charge in [0.25, 0.3) is 0 Å². The van der Waals surface area contributed by atoms with Gasteiger partial charge in [-0.15, -0.1) is 11.3 Å². The molecule has 3 nitrogen and oxygen atoms in total. The Morgan fingerprint density at radius 1 is 1.03 bits per heavy atom. The molecule has 0 aliphatic heterocycles. The fourth-order valence-corrected chi connectivity index (χ4v) is 7.41. The quantitative estimate of drug-likeness (QED) is 0.503. The predicted octanol–water partition coefficient (Wildman–Crippen LogP) is 6.42.